The summed E-state index contributed by atoms with van der Waals surface area (Å²) in [5.74, 6) is -4.34. The van der Waals surface area contributed by atoms with E-state index in [4.69, 9.17) is 5.11 Å². The standard InChI is InChI=1S/C11H10F3NO4/c1-2-19-10(18)8(9(16)17)7-4-3-6(5-15-7)11(12,13)14/h3-5,8H,2H2,1H3,(H,16,17). The lowest BCUT2D eigenvalue weighted by Gasteiger charge is -2.12. The Morgan fingerprint density at radius 3 is 2.42 bits per heavy atom. The average molecular weight is 277 g/mol. The Kier molecular flexibility index (Phi) is 4.47. The molecule has 0 aliphatic rings. The predicted molar refractivity (Wildman–Crippen MR) is 56.2 cm³/mol. The van der Waals surface area contributed by atoms with Crippen LogP contribution in [0.1, 0.15) is 24.1 Å². The van der Waals surface area contributed by atoms with Crippen LogP contribution in [0, 0.1) is 0 Å². The number of aliphatic carboxylic acids is 1. The quantitative estimate of drug-likeness (QED) is 0.671. The normalized spacial score (nSPS) is 12.8. The summed E-state index contributed by atoms with van der Waals surface area (Å²) in [5.41, 5.74) is -1.33. The van der Waals surface area contributed by atoms with Crippen LogP contribution in [0.4, 0.5) is 13.2 Å². The van der Waals surface area contributed by atoms with Crippen molar-refractivity contribution in [3.63, 3.8) is 0 Å². The second-order valence-electron chi connectivity index (χ2n) is 3.49. The molecule has 1 unspecified atom stereocenters. The number of esters is 1. The zero-order chi connectivity index (χ0) is 14.6. The minimum absolute atomic E-state index is 0.0384. The highest BCUT2D eigenvalue weighted by atomic mass is 19.4. The molecule has 1 N–H and O–H groups in total. The number of ether oxygens (including phenoxy) is 1. The molecule has 1 heterocycles. The first-order chi connectivity index (χ1) is 8.77. The molecule has 1 aromatic rings. The molecule has 0 fully saturated rings. The van der Waals surface area contributed by atoms with Gasteiger partial charge in [-0.1, -0.05) is 0 Å². The van der Waals surface area contributed by atoms with Crippen molar-refractivity contribution in [3.05, 3.63) is 29.6 Å². The van der Waals surface area contributed by atoms with E-state index in [1.807, 2.05) is 0 Å². The summed E-state index contributed by atoms with van der Waals surface area (Å²) in [7, 11) is 0. The van der Waals surface area contributed by atoms with Crippen molar-refractivity contribution < 1.29 is 32.6 Å². The number of hydrogen-bond acceptors (Lipinski definition) is 4. The molecule has 5 nitrogen and oxygen atoms in total. The van der Waals surface area contributed by atoms with E-state index >= 15 is 0 Å². The Bertz CT molecular complexity index is 470. The SMILES string of the molecule is CCOC(=O)C(C(=O)O)c1ccc(C(F)(F)F)cn1. The number of carboxylic acid groups (broad SMARTS) is 1. The van der Waals surface area contributed by atoms with Gasteiger partial charge in [-0.05, 0) is 19.1 Å². The molecule has 8 heteroatoms. The summed E-state index contributed by atoms with van der Waals surface area (Å²) in [6.07, 6.45) is -4.10. The fourth-order valence-corrected chi connectivity index (χ4v) is 1.32. The second kappa shape index (κ2) is 5.68. The van der Waals surface area contributed by atoms with Crippen molar-refractivity contribution in [1.82, 2.24) is 4.98 Å². The molecular formula is C11H10F3NO4. The van der Waals surface area contributed by atoms with Crippen molar-refractivity contribution in [1.29, 1.82) is 0 Å². The first-order valence-corrected chi connectivity index (χ1v) is 5.20. The van der Waals surface area contributed by atoms with Gasteiger partial charge in [0.25, 0.3) is 0 Å². The molecule has 1 atom stereocenters. The Labute approximate surface area is 106 Å². The topological polar surface area (TPSA) is 76.5 Å². The summed E-state index contributed by atoms with van der Waals surface area (Å²) in [6, 6.07) is 1.51. The van der Waals surface area contributed by atoms with E-state index in [1.54, 1.807) is 0 Å². The van der Waals surface area contributed by atoms with Gasteiger partial charge in [-0.25, -0.2) is 0 Å². The lowest BCUT2D eigenvalue weighted by molar-refractivity contribution is -0.153. The van der Waals surface area contributed by atoms with E-state index in [2.05, 4.69) is 9.72 Å². The highest BCUT2D eigenvalue weighted by Crippen LogP contribution is 2.29. The summed E-state index contributed by atoms with van der Waals surface area (Å²) in [6.45, 7) is 1.44. The molecule has 0 spiro atoms. The van der Waals surface area contributed by atoms with Crippen molar-refractivity contribution >= 4 is 11.9 Å². The van der Waals surface area contributed by atoms with Crippen molar-refractivity contribution in [3.8, 4) is 0 Å². The van der Waals surface area contributed by atoms with Crippen molar-refractivity contribution in [2.24, 2.45) is 0 Å². The van der Waals surface area contributed by atoms with Gasteiger partial charge in [-0.2, -0.15) is 13.2 Å². The van der Waals surface area contributed by atoms with E-state index < -0.39 is 29.6 Å². The zero-order valence-electron chi connectivity index (χ0n) is 9.77. The minimum atomic E-state index is -4.58. The van der Waals surface area contributed by atoms with Gasteiger partial charge in [0.1, 0.15) is 0 Å². The minimum Gasteiger partial charge on any atom is -0.480 e. The monoisotopic (exact) mass is 277 g/mol. The fourth-order valence-electron chi connectivity index (χ4n) is 1.32. The molecule has 104 valence electrons. The summed E-state index contributed by atoms with van der Waals surface area (Å²) in [4.78, 5) is 25.7. The van der Waals surface area contributed by atoms with Crippen LogP contribution in [-0.4, -0.2) is 28.6 Å². The van der Waals surface area contributed by atoms with Crippen molar-refractivity contribution in [2.75, 3.05) is 6.61 Å². The third kappa shape index (κ3) is 3.67. The number of hydrogen-bond donors (Lipinski definition) is 1. The van der Waals surface area contributed by atoms with E-state index in [0.717, 1.165) is 6.07 Å². The highest BCUT2D eigenvalue weighted by Gasteiger charge is 2.34. The molecule has 0 saturated carbocycles. The maximum Gasteiger partial charge on any atom is 0.417 e. The molecule has 0 aromatic carbocycles. The Hall–Kier alpha value is -2.12. The smallest absolute Gasteiger partial charge is 0.417 e. The zero-order valence-corrected chi connectivity index (χ0v) is 9.77. The fraction of sp³-hybridized carbons (Fsp3) is 0.364. The van der Waals surface area contributed by atoms with Crippen molar-refractivity contribution in [2.45, 2.75) is 19.0 Å². The number of alkyl halides is 3. The molecular weight excluding hydrogens is 267 g/mol. The van der Waals surface area contributed by atoms with E-state index in [9.17, 15) is 22.8 Å². The number of pyridine rings is 1. The molecule has 19 heavy (non-hydrogen) atoms. The van der Waals surface area contributed by atoms with Gasteiger partial charge in [0.15, 0.2) is 5.92 Å². The maximum absolute atomic E-state index is 12.3. The van der Waals surface area contributed by atoms with Crippen LogP contribution in [-0.2, 0) is 20.5 Å². The molecule has 0 aliphatic heterocycles. The number of carboxylic acids is 1. The van der Waals surface area contributed by atoms with E-state index in [1.165, 1.54) is 6.92 Å². The summed E-state index contributed by atoms with van der Waals surface area (Å²) >= 11 is 0. The highest BCUT2D eigenvalue weighted by molar-refractivity contribution is 5.99. The molecule has 0 amide bonds. The number of halogens is 3. The van der Waals surface area contributed by atoms with E-state index in [-0.39, 0.29) is 12.3 Å². The van der Waals surface area contributed by atoms with Gasteiger partial charge in [0, 0.05) is 6.20 Å². The molecule has 0 radical (unpaired) electrons. The lowest BCUT2D eigenvalue weighted by atomic mass is 10.0. The largest absolute Gasteiger partial charge is 0.480 e. The third-order valence-electron chi connectivity index (χ3n) is 2.18. The van der Waals surface area contributed by atoms with Crippen LogP contribution in [0.5, 0.6) is 0 Å². The molecule has 0 aliphatic carbocycles. The summed E-state index contributed by atoms with van der Waals surface area (Å²) < 4.78 is 41.5. The number of carbonyl (C=O) groups excluding carboxylic acids is 1. The van der Waals surface area contributed by atoms with Crippen LogP contribution < -0.4 is 0 Å². The van der Waals surface area contributed by atoms with E-state index in [0.29, 0.717) is 12.3 Å². The molecule has 1 rings (SSSR count). The van der Waals surface area contributed by atoms with Gasteiger partial charge < -0.3 is 9.84 Å². The van der Waals surface area contributed by atoms with Gasteiger partial charge in [-0.3, -0.25) is 14.6 Å². The first-order valence-electron chi connectivity index (χ1n) is 5.20. The number of carbonyl (C=O) groups is 2. The van der Waals surface area contributed by atoms with Gasteiger partial charge in [0.2, 0.25) is 0 Å². The Morgan fingerprint density at radius 2 is 2.05 bits per heavy atom. The Morgan fingerprint density at radius 1 is 1.42 bits per heavy atom. The predicted octanol–water partition coefficient (Wildman–Crippen LogP) is 1.83. The van der Waals surface area contributed by atoms with Crippen LogP contribution >= 0.6 is 0 Å². The number of nitrogens with zero attached hydrogens (tertiary/aromatic N) is 1. The number of rotatable bonds is 4. The molecule has 0 saturated heterocycles. The lowest BCUT2D eigenvalue weighted by Crippen LogP contribution is -2.25. The van der Waals surface area contributed by atoms with Crippen LogP contribution in [0.3, 0.4) is 0 Å². The van der Waals surface area contributed by atoms with Gasteiger partial charge in [0.05, 0.1) is 17.9 Å². The summed E-state index contributed by atoms with van der Waals surface area (Å²) in [5, 5.41) is 8.89. The van der Waals surface area contributed by atoms with Crippen LogP contribution in [0.2, 0.25) is 0 Å². The van der Waals surface area contributed by atoms with Gasteiger partial charge >= 0.3 is 18.1 Å². The van der Waals surface area contributed by atoms with Crippen LogP contribution in [0.15, 0.2) is 18.3 Å². The van der Waals surface area contributed by atoms with Gasteiger partial charge in [-0.15, -0.1) is 0 Å². The van der Waals surface area contributed by atoms with Crippen LogP contribution in [0.25, 0.3) is 0 Å². The Balaban J connectivity index is 3.05. The second-order valence-corrected chi connectivity index (χ2v) is 3.49. The third-order valence-corrected chi connectivity index (χ3v) is 2.18. The maximum atomic E-state index is 12.3. The number of aromatic nitrogens is 1. The first kappa shape index (κ1) is 14.9. The molecule has 0 bridgehead atoms. The molecule has 1 aromatic heterocycles. The average Bonchev–Trinajstić information content (AvgIpc) is 2.28.